The Kier molecular flexibility index (Phi) is 4.47. The molecule has 0 saturated heterocycles. The van der Waals surface area contributed by atoms with Gasteiger partial charge in [-0.2, -0.15) is 0 Å². The van der Waals surface area contributed by atoms with E-state index in [-0.39, 0.29) is 35.2 Å². The topological polar surface area (TPSA) is 0 Å². The number of fused-ring (bicyclic) bond motifs is 2. The molecule has 0 spiro atoms. The lowest BCUT2D eigenvalue weighted by Gasteiger charge is -2.09. The number of hydrogen-bond donors (Lipinski definition) is 0. The van der Waals surface area contributed by atoms with Gasteiger partial charge in [-0.3, -0.25) is 12.9 Å². The monoisotopic (exact) mass is 360 g/mol. The first kappa shape index (κ1) is 13.3. The molecule has 82 valence electrons. The molecule has 0 bridgehead atoms. The lowest BCUT2D eigenvalue weighted by Crippen LogP contribution is -2.11. The van der Waals surface area contributed by atoms with Crippen LogP contribution in [-0.2, 0) is 0 Å². The predicted octanol–water partition coefficient (Wildman–Crippen LogP) is 4.21. The van der Waals surface area contributed by atoms with Gasteiger partial charge in [-0.25, -0.2) is 0 Å². The molecule has 0 heterocycles. The van der Waals surface area contributed by atoms with Crippen molar-refractivity contribution in [3.8, 4) is 0 Å². The van der Waals surface area contributed by atoms with Crippen molar-refractivity contribution in [1.29, 1.82) is 0 Å². The Hall–Kier alpha value is -0.0938. The van der Waals surface area contributed by atoms with Crippen LogP contribution in [0.4, 0.5) is 0 Å². The zero-order chi connectivity index (χ0) is 11.0. The van der Waals surface area contributed by atoms with Crippen molar-refractivity contribution in [2.45, 2.75) is 0 Å². The minimum Gasteiger partial charge on any atom is -0.296 e. The van der Waals surface area contributed by atoms with Gasteiger partial charge in [-0.1, -0.05) is 48.5 Å². The van der Waals surface area contributed by atoms with Crippen LogP contribution in [0.15, 0.2) is 54.6 Å². The van der Waals surface area contributed by atoms with Gasteiger partial charge >= 0.3 is 18.2 Å². The van der Waals surface area contributed by atoms with Gasteiger partial charge in [0.05, 0.1) is 0 Å². The first-order valence-corrected chi connectivity index (χ1v) is 9.96. The molecule has 3 heteroatoms. The van der Waals surface area contributed by atoms with Crippen molar-refractivity contribution in [3.05, 3.63) is 54.6 Å². The highest BCUT2D eigenvalue weighted by Gasteiger charge is 2.06. The van der Waals surface area contributed by atoms with Crippen LogP contribution >= 0.6 is 29.9 Å². The van der Waals surface area contributed by atoms with E-state index in [1.165, 1.54) is 25.2 Å². The molecular weight excluding hydrogens is 352 g/mol. The maximum absolute atomic E-state index is 3.74. The molecule has 17 heavy (non-hydrogen) atoms. The van der Waals surface area contributed by atoms with E-state index in [1.54, 1.807) is 0 Å². The average molecular weight is 362 g/mol. The largest absolute Gasteiger partial charge is 0.508 e. The molecule has 3 aromatic carbocycles. The standard InChI is InChI=1S/C14H9.2BrH.Mg/c1-2-6-12-10-14-8-4-3-7-13(14)9-11(12)5-1;;;/h1-9H;2*1H;/q;;;+1/p-1. The first-order chi connectivity index (χ1) is 7.90. The third kappa shape index (κ3) is 2.39. The summed E-state index contributed by atoms with van der Waals surface area (Å²) < 4.78 is 1.52. The SMILES string of the molecule is Br.[Br][Mg][c]1c2ccccc2cc2ccccc12. The van der Waals surface area contributed by atoms with Crippen molar-refractivity contribution >= 4 is 73.3 Å². The highest BCUT2D eigenvalue weighted by molar-refractivity contribution is 9.23. The van der Waals surface area contributed by atoms with E-state index < -0.39 is 0 Å². The van der Waals surface area contributed by atoms with Crippen molar-refractivity contribution < 1.29 is 0 Å². The number of halogens is 2. The van der Waals surface area contributed by atoms with E-state index >= 15 is 0 Å². The molecule has 0 aromatic heterocycles. The Morgan fingerprint density at radius 1 is 0.765 bits per heavy atom. The lowest BCUT2D eigenvalue weighted by atomic mass is 10.0. The van der Waals surface area contributed by atoms with Crippen LogP contribution < -0.4 is 3.69 Å². The zero-order valence-electron chi connectivity index (χ0n) is 9.19. The summed E-state index contributed by atoms with van der Waals surface area (Å²) in [6.07, 6.45) is 0. The Balaban J connectivity index is 0.00000108. The van der Waals surface area contributed by atoms with Crippen LogP contribution in [0.2, 0.25) is 0 Å². The maximum atomic E-state index is 3.74. The van der Waals surface area contributed by atoms with Crippen molar-refractivity contribution in [1.82, 2.24) is 0 Å². The quantitative estimate of drug-likeness (QED) is 0.449. The van der Waals surface area contributed by atoms with Crippen LogP contribution in [0.25, 0.3) is 21.5 Å². The molecule has 3 aromatic rings. The summed E-state index contributed by atoms with van der Waals surface area (Å²) in [5.74, 6) is 0. The molecule has 0 aliphatic heterocycles. The summed E-state index contributed by atoms with van der Waals surface area (Å²) in [6, 6.07) is 19.6. The van der Waals surface area contributed by atoms with Gasteiger partial charge in [-0.05, 0) is 27.6 Å². The van der Waals surface area contributed by atoms with Crippen molar-refractivity contribution in [2.75, 3.05) is 0 Å². The van der Waals surface area contributed by atoms with Gasteiger partial charge < -0.3 is 0 Å². The maximum Gasteiger partial charge on any atom is 0.508 e. The van der Waals surface area contributed by atoms with Crippen LogP contribution in [0.1, 0.15) is 0 Å². The Morgan fingerprint density at radius 2 is 1.24 bits per heavy atom. The third-order valence-corrected chi connectivity index (χ3v) is 5.73. The van der Waals surface area contributed by atoms with Crippen LogP contribution in [0, 0.1) is 0 Å². The molecule has 0 unspecified atom stereocenters. The van der Waals surface area contributed by atoms with Crippen molar-refractivity contribution in [2.24, 2.45) is 0 Å². The summed E-state index contributed by atoms with van der Waals surface area (Å²) in [4.78, 5) is 0. The van der Waals surface area contributed by atoms with Gasteiger partial charge in [0.2, 0.25) is 0 Å². The van der Waals surface area contributed by atoms with Crippen LogP contribution in [0.3, 0.4) is 0 Å². The molecule has 0 fully saturated rings. The van der Waals surface area contributed by atoms with E-state index in [4.69, 9.17) is 0 Å². The molecule has 0 amide bonds. The molecule has 0 radical (unpaired) electrons. The van der Waals surface area contributed by atoms with E-state index in [9.17, 15) is 0 Å². The summed E-state index contributed by atoms with van der Waals surface area (Å²) in [6.45, 7) is 0. The molecule has 0 N–H and O–H groups in total. The zero-order valence-corrected chi connectivity index (χ0v) is 13.9. The molecule has 0 aliphatic rings. The Morgan fingerprint density at radius 3 is 1.71 bits per heavy atom. The fraction of sp³-hybridized carbons (Fsp3) is 0. The number of rotatable bonds is 1. The molecule has 0 atom stereocenters. The fourth-order valence-corrected chi connectivity index (χ4v) is 5.00. The lowest BCUT2D eigenvalue weighted by molar-refractivity contribution is 1.78. The average Bonchev–Trinajstić information content (AvgIpc) is 2.36. The normalized spacial score (nSPS) is 9.94. The van der Waals surface area contributed by atoms with Gasteiger partial charge in [0, 0.05) is 0 Å². The second-order valence-electron chi connectivity index (χ2n) is 3.93. The predicted molar refractivity (Wildman–Crippen MR) is 86.1 cm³/mol. The first-order valence-electron chi connectivity index (χ1n) is 5.35. The highest BCUT2D eigenvalue weighted by Crippen LogP contribution is 2.20. The summed E-state index contributed by atoms with van der Waals surface area (Å²) in [5, 5.41) is 5.51. The minimum atomic E-state index is -0.340. The number of benzene rings is 3. The smallest absolute Gasteiger partial charge is 0.296 e. The van der Waals surface area contributed by atoms with Gasteiger partial charge in [0.25, 0.3) is 0 Å². The van der Waals surface area contributed by atoms with Crippen molar-refractivity contribution in [3.63, 3.8) is 0 Å². The highest BCUT2D eigenvalue weighted by atomic mass is 79.9. The van der Waals surface area contributed by atoms with E-state index in [0.29, 0.717) is 0 Å². The Labute approximate surface area is 127 Å². The minimum absolute atomic E-state index is 0. The Bertz CT molecular complexity index is 610. The van der Waals surface area contributed by atoms with Crippen LogP contribution in [0.5, 0.6) is 0 Å². The second-order valence-corrected chi connectivity index (χ2v) is 6.59. The molecule has 0 nitrogen and oxygen atoms in total. The van der Waals surface area contributed by atoms with E-state index in [1.807, 2.05) is 0 Å². The molecular formula is C14H10Br2Mg. The second kappa shape index (κ2) is 5.70. The van der Waals surface area contributed by atoms with Gasteiger partial charge in [-0.15, -0.1) is 20.7 Å². The summed E-state index contributed by atoms with van der Waals surface area (Å²) in [7, 11) is 0. The fourth-order valence-electron chi connectivity index (χ4n) is 2.25. The van der Waals surface area contributed by atoms with E-state index in [2.05, 4.69) is 67.5 Å². The van der Waals surface area contributed by atoms with Gasteiger partial charge in [0.1, 0.15) is 0 Å². The van der Waals surface area contributed by atoms with E-state index in [0.717, 1.165) is 0 Å². The number of hydrogen-bond acceptors (Lipinski definition) is 0. The van der Waals surface area contributed by atoms with Crippen LogP contribution in [-0.4, -0.2) is 18.2 Å². The molecule has 3 rings (SSSR count). The molecule has 0 saturated carbocycles. The van der Waals surface area contributed by atoms with Gasteiger partial charge in [0.15, 0.2) is 0 Å². The summed E-state index contributed by atoms with van der Waals surface area (Å²) >= 11 is 3.40. The summed E-state index contributed by atoms with van der Waals surface area (Å²) in [5.41, 5.74) is 0. The molecule has 0 aliphatic carbocycles. The third-order valence-electron chi connectivity index (χ3n) is 3.02.